The maximum absolute atomic E-state index is 12.3. The molecule has 26 heavy (non-hydrogen) atoms. The van der Waals surface area contributed by atoms with Crippen molar-refractivity contribution in [1.29, 1.82) is 0 Å². The number of hydrogen-bond donors (Lipinski definition) is 2. The minimum atomic E-state index is -0.186. The fourth-order valence-electron chi connectivity index (χ4n) is 2.15. The fraction of sp³-hybridized carbons (Fsp3) is 0.190. The van der Waals surface area contributed by atoms with E-state index in [-0.39, 0.29) is 12.5 Å². The minimum Gasteiger partial charge on any atom is -0.487 e. The van der Waals surface area contributed by atoms with Gasteiger partial charge in [-0.05, 0) is 36.8 Å². The Morgan fingerprint density at radius 2 is 1.65 bits per heavy atom. The standard InChI is InChI=1S/C21H24N2O3/c1-4-13-25-20-12-8-6-10-18(20)23-21(24)14-22-17-9-5-7-11-19(17)26-15-16(2)3/h4-12,22H,1-2,13-15H2,3H3,(H,23,24). The Balaban J connectivity index is 1.95. The van der Waals surface area contributed by atoms with Gasteiger partial charge in [-0.25, -0.2) is 0 Å². The lowest BCUT2D eigenvalue weighted by molar-refractivity contribution is -0.114. The molecule has 2 aromatic rings. The first kappa shape index (κ1) is 19.1. The molecular weight excluding hydrogens is 328 g/mol. The molecule has 0 aliphatic heterocycles. The molecule has 2 N–H and O–H groups in total. The van der Waals surface area contributed by atoms with Gasteiger partial charge in [0, 0.05) is 0 Å². The fourth-order valence-corrected chi connectivity index (χ4v) is 2.15. The van der Waals surface area contributed by atoms with E-state index in [1.807, 2.05) is 43.3 Å². The number of carbonyl (C=O) groups is 1. The van der Waals surface area contributed by atoms with Crippen molar-refractivity contribution in [2.75, 3.05) is 30.4 Å². The molecule has 5 heteroatoms. The van der Waals surface area contributed by atoms with E-state index in [2.05, 4.69) is 23.8 Å². The van der Waals surface area contributed by atoms with Crippen molar-refractivity contribution >= 4 is 17.3 Å². The molecule has 2 aromatic carbocycles. The smallest absolute Gasteiger partial charge is 0.243 e. The summed E-state index contributed by atoms with van der Waals surface area (Å²) in [5, 5.41) is 5.94. The largest absolute Gasteiger partial charge is 0.487 e. The Bertz CT molecular complexity index is 771. The van der Waals surface area contributed by atoms with E-state index in [9.17, 15) is 4.79 Å². The van der Waals surface area contributed by atoms with Gasteiger partial charge in [-0.3, -0.25) is 4.79 Å². The van der Waals surface area contributed by atoms with Crippen LogP contribution in [0.25, 0.3) is 0 Å². The Kier molecular flexibility index (Phi) is 7.31. The molecule has 0 saturated carbocycles. The van der Waals surface area contributed by atoms with Crippen molar-refractivity contribution < 1.29 is 14.3 Å². The summed E-state index contributed by atoms with van der Waals surface area (Å²) in [7, 11) is 0. The molecular formula is C21H24N2O3. The molecule has 0 saturated heterocycles. The third-order valence-electron chi connectivity index (χ3n) is 3.32. The first-order valence-electron chi connectivity index (χ1n) is 8.33. The van der Waals surface area contributed by atoms with Gasteiger partial charge >= 0.3 is 0 Å². The van der Waals surface area contributed by atoms with Crippen molar-refractivity contribution in [3.63, 3.8) is 0 Å². The second kappa shape index (κ2) is 9.93. The molecule has 0 atom stereocenters. The summed E-state index contributed by atoms with van der Waals surface area (Å²) in [5.41, 5.74) is 2.29. The number of nitrogens with one attached hydrogen (secondary N) is 2. The van der Waals surface area contributed by atoms with Gasteiger partial charge in [0.25, 0.3) is 0 Å². The van der Waals surface area contributed by atoms with Crippen LogP contribution in [0, 0.1) is 0 Å². The predicted octanol–water partition coefficient (Wildman–Crippen LogP) is 4.26. The predicted molar refractivity (Wildman–Crippen MR) is 106 cm³/mol. The van der Waals surface area contributed by atoms with E-state index in [0.717, 1.165) is 11.3 Å². The maximum Gasteiger partial charge on any atom is 0.243 e. The van der Waals surface area contributed by atoms with Crippen LogP contribution in [0.3, 0.4) is 0 Å². The van der Waals surface area contributed by atoms with Crippen LogP contribution < -0.4 is 20.1 Å². The summed E-state index contributed by atoms with van der Waals surface area (Å²) in [5.74, 6) is 1.10. The van der Waals surface area contributed by atoms with Gasteiger partial charge in [-0.2, -0.15) is 0 Å². The Labute approximate surface area is 154 Å². The highest BCUT2D eigenvalue weighted by Gasteiger charge is 2.09. The average Bonchev–Trinajstić information content (AvgIpc) is 2.64. The van der Waals surface area contributed by atoms with Crippen molar-refractivity contribution in [1.82, 2.24) is 0 Å². The number of benzene rings is 2. The molecule has 0 bridgehead atoms. The van der Waals surface area contributed by atoms with Gasteiger partial charge in [0.15, 0.2) is 0 Å². The van der Waals surface area contributed by atoms with E-state index in [1.165, 1.54) is 0 Å². The van der Waals surface area contributed by atoms with Crippen LogP contribution in [0.4, 0.5) is 11.4 Å². The average molecular weight is 352 g/mol. The van der Waals surface area contributed by atoms with Crippen molar-refractivity contribution in [3.05, 3.63) is 73.3 Å². The molecule has 0 heterocycles. The first-order valence-corrected chi connectivity index (χ1v) is 8.33. The van der Waals surface area contributed by atoms with Crippen LogP contribution in [0.1, 0.15) is 6.92 Å². The normalized spacial score (nSPS) is 9.88. The van der Waals surface area contributed by atoms with E-state index in [1.54, 1.807) is 18.2 Å². The van der Waals surface area contributed by atoms with Gasteiger partial charge < -0.3 is 20.1 Å². The second-order valence-corrected chi connectivity index (χ2v) is 5.74. The lowest BCUT2D eigenvalue weighted by Crippen LogP contribution is -2.22. The van der Waals surface area contributed by atoms with Crippen molar-refractivity contribution in [2.45, 2.75) is 6.92 Å². The Morgan fingerprint density at radius 3 is 2.31 bits per heavy atom. The van der Waals surface area contributed by atoms with E-state index >= 15 is 0 Å². The number of para-hydroxylation sites is 4. The molecule has 0 aromatic heterocycles. The van der Waals surface area contributed by atoms with Gasteiger partial charge in [-0.1, -0.05) is 43.5 Å². The molecule has 0 aliphatic rings. The molecule has 5 nitrogen and oxygen atoms in total. The van der Waals surface area contributed by atoms with Gasteiger partial charge in [0.05, 0.1) is 17.9 Å². The monoisotopic (exact) mass is 352 g/mol. The van der Waals surface area contributed by atoms with Gasteiger partial charge in [-0.15, -0.1) is 0 Å². The summed E-state index contributed by atoms with van der Waals surface area (Å²) in [6.07, 6.45) is 1.65. The SMILES string of the molecule is C=CCOc1ccccc1NC(=O)CNc1ccccc1OCC(=C)C. The molecule has 0 spiro atoms. The number of hydrogen-bond acceptors (Lipinski definition) is 4. The van der Waals surface area contributed by atoms with Crippen molar-refractivity contribution in [3.8, 4) is 11.5 Å². The van der Waals surface area contributed by atoms with Crippen molar-refractivity contribution in [2.24, 2.45) is 0 Å². The lowest BCUT2D eigenvalue weighted by Gasteiger charge is -2.14. The zero-order valence-electron chi connectivity index (χ0n) is 15.0. The highest BCUT2D eigenvalue weighted by molar-refractivity contribution is 5.95. The third-order valence-corrected chi connectivity index (χ3v) is 3.32. The van der Waals surface area contributed by atoms with Crippen LogP contribution in [-0.4, -0.2) is 25.7 Å². The number of amides is 1. The molecule has 2 rings (SSSR count). The van der Waals surface area contributed by atoms with Gasteiger partial charge in [0.1, 0.15) is 24.7 Å². The second-order valence-electron chi connectivity index (χ2n) is 5.74. The minimum absolute atomic E-state index is 0.100. The highest BCUT2D eigenvalue weighted by Crippen LogP contribution is 2.25. The number of anilines is 2. The van der Waals surface area contributed by atoms with Crippen LogP contribution in [0.5, 0.6) is 11.5 Å². The molecule has 136 valence electrons. The zero-order chi connectivity index (χ0) is 18.8. The first-order chi connectivity index (χ1) is 12.6. The van der Waals surface area contributed by atoms with E-state index in [4.69, 9.17) is 9.47 Å². The van der Waals surface area contributed by atoms with Crippen LogP contribution in [-0.2, 0) is 4.79 Å². The topological polar surface area (TPSA) is 59.6 Å². The molecule has 0 radical (unpaired) electrons. The molecule has 1 amide bonds. The van der Waals surface area contributed by atoms with Crippen LogP contribution in [0.15, 0.2) is 73.3 Å². The number of ether oxygens (including phenoxy) is 2. The molecule has 0 aliphatic carbocycles. The highest BCUT2D eigenvalue weighted by atomic mass is 16.5. The van der Waals surface area contributed by atoms with E-state index in [0.29, 0.717) is 30.4 Å². The summed E-state index contributed by atoms with van der Waals surface area (Å²) in [4.78, 5) is 12.3. The van der Waals surface area contributed by atoms with E-state index < -0.39 is 0 Å². The quantitative estimate of drug-likeness (QED) is 0.627. The number of rotatable bonds is 10. The molecule has 0 unspecified atom stereocenters. The summed E-state index contributed by atoms with van der Waals surface area (Å²) >= 11 is 0. The summed E-state index contributed by atoms with van der Waals surface area (Å²) in [6, 6.07) is 14.8. The summed E-state index contributed by atoms with van der Waals surface area (Å²) < 4.78 is 11.2. The summed E-state index contributed by atoms with van der Waals surface area (Å²) in [6.45, 7) is 10.2. The Morgan fingerprint density at radius 1 is 1.04 bits per heavy atom. The maximum atomic E-state index is 12.3. The molecule has 0 fully saturated rings. The zero-order valence-corrected chi connectivity index (χ0v) is 15.0. The lowest BCUT2D eigenvalue weighted by atomic mass is 10.2. The van der Waals surface area contributed by atoms with Crippen LogP contribution in [0.2, 0.25) is 0 Å². The number of carbonyl (C=O) groups excluding carboxylic acids is 1. The third kappa shape index (κ3) is 6.02. The van der Waals surface area contributed by atoms with Crippen LogP contribution >= 0.6 is 0 Å². The van der Waals surface area contributed by atoms with Gasteiger partial charge in [0.2, 0.25) is 5.91 Å². The Hall–Kier alpha value is -3.21.